The SMILES string of the molecule is CCCCC/C=C\C/C=C\CCCCCCCC(=O)OCCC(CCOC(=O)CCC(OCCCCCCCC)OCCCCCCCC)OC(=O)OCCCN(C)C. The van der Waals surface area contributed by atoms with E-state index >= 15 is 0 Å². The van der Waals surface area contributed by atoms with Crippen LogP contribution in [-0.4, -0.2) is 89.1 Å². The minimum absolute atomic E-state index is 0.0687. The van der Waals surface area contributed by atoms with E-state index in [2.05, 4.69) is 45.1 Å². The van der Waals surface area contributed by atoms with Crippen LogP contribution in [0.25, 0.3) is 0 Å². The molecule has 59 heavy (non-hydrogen) atoms. The van der Waals surface area contributed by atoms with Crippen LogP contribution in [0, 0.1) is 0 Å². The molecule has 0 aliphatic carbocycles. The van der Waals surface area contributed by atoms with Crippen LogP contribution < -0.4 is 0 Å². The van der Waals surface area contributed by atoms with Crippen LogP contribution in [0.2, 0.25) is 0 Å². The van der Waals surface area contributed by atoms with E-state index in [0.29, 0.717) is 38.9 Å². The van der Waals surface area contributed by atoms with E-state index in [1.165, 1.54) is 77.0 Å². The predicted molar refractivity (Wildman–Crippen MR) is 242 cm³/mol. The normalized spacial score (nSPS) is 12.3. The number of carbonyl (C=O) groups excluding carboxylic acids is 3. The molecular formula is C49H91NO9. The molecule has 0 aliphatic heterocycles. The van der Waals surface area contributed by atoms with Crippen molar-refractivity contribution in [2.24, 2.45) is 0 Å². The Bertz CT molecular complexity index is 984. The van der Waals surface area contributed by atoms with Gasteiger partial charge in [0.1, 0.15) is 6.10 Å². The van der Waals surface area contributed by atoms with Gasteiger partial charge in [0.25, 0.3) is 0 Å². The Labute approximate surface area is 362 Å². The smallest absolute Gasteiger partial charge is 0.466 e. The van der Waals surface area contributed by atoms with Gasteiger partial charge in [-0.2, -0.15) is 0 Å². The monoisotopic (exact) mass is 838 g/mol. The minimum Gasteiger partial charge on any atom is -0.466 e. The van der Waals surface area contributed by atoms with Crippen molar-refractivity contribution in [3.63, 3.8) is 0 Å². The van der Waals surface area contributed by atoms with Gasteiger partial charge in [-0.05, 0) is 71.9 Å². The fraction of sp³-hybridized carbons (Fsp3) is 0.857. The van der Waals surface area contributed by atoms with Crippen LogP contribution in [-0.2, 0) is 38.0 Å². The van der Waals surface area contributed by atoms with Gasteiger partial charge in [-0.25, -0.2) is 4.79 Å². The highest BCUT2D eigenvalue weighted by molar-refractivity contribution is 5.69. The highest BCUT2D eigenvalue weighted by Gasteiger charge is 2.19. The Morgan fingerprint density at radius 1 is 0.475 bits per heavy atom. The molecule has 0 aliphatic rings. The van der Waals surface area contributed by atoms with Crippen LogP contribution in [0.3, 0.4) is 0 Å². The van der Waals surface area contributed by atoms with Crippen LogP contribution in [0.5, 0.6) is 0 Å². The summed E-state index contributed by atoms with van der Waals surface area (Å²) in [5.74, 6) is -0.603. The molecule has 0 aromatic rings. The summed E-state index contributed by atoms with van der Waals surface area (Å²) in [6.45, 7) is 9.11. The first-order chi connectivity index (χ1) is 28.8. The van der Waals surface area contributed by atoms with E-state index in [1.54, 1.807) is 0 Å². The third-order valence-corrected chi connectivity index (χ3v) is 10.2. The highest BCUT2D eigenvalue weighted by Crippen LogP contribution is 2.14. The van der Waals surface area contributed by atoms with Gasteiger partial charge in [0, 0.05) is 45.4 Å². The molecular weight excluding hydrogens is 747 g/mol. The maximum absolute atomic E-state index is 12.8. The predicted octanol–water partition coefficient (Wildman–Crippen LogP) is 13.0. The first-order valence-electron chi connectivity index (χ1n) is 24.1. The van der Waals surface area contributed by atoms with Gasteiger partial charge in [-0.1, -0.05) is 141 Å². The fourth-order valence-corrected chi connectivity index (χ4v) is 6.45. The zero-order valence-corrected chi connectivity index (χ0v) is 38.8. The molecule has 0 amide bonds. The first kappa shape index (κ1) is 56.6. The second-order valence-electron chi connectivity index (χ2n) is 16.2. The summed E-state index contributed by atoms with van der Waals surface area (Å²) in [4.78, 5) is 39.7. The van der Waals surface area contributed by atoms with E-state index in [9.17, 15) is 14.4 Å². The summed E-state index contributed by atoms with van der Waals surface area (Å²) in [6, 6.07) is 0. The fourth-order valence-electron chi connectivity index (χ4n) is 6.45. The van der Waals surface area contributed by atoms with Crippen LogP contribution in [0.1, 0.15) is 207 Å². The minimum atomic E-state index is -0.774. The van der Waals surface area contributed by atoms with Crippen molar-refractivity contribution in [2.45, 2.75) is 219 Å². The molecule has 0 rings (SSSR count). The average molecular weight is 838 g/mol. The van der Waals surface area contributed by atoms with Gasteiger partial charge in [0.2, 0.25) is 0 Å². The maximum Gasteiger partial charge on any atom is 0.508 e. The molecule has 0 spiro atoms. The zero-order valence-electron chi connectivity index (χ0n) is 38.8. The van der Waals surface area contributed by atoms with E-state index in [1.807, 2.05) is 19.0 Å². The molecule has 346 valence electrons. The second-order valence-corrected chi connectivity index (χ2v) is 16.2. The lowest BCUT2D eigenvalue weighted by atomic mass is 10.1. The molecule has 0 N–H and O–H groups in total. The average Bonchev–Trinajstić information content (AvgIpc) is 3.21. The number of carbonyl (C=O) groups is 3. The lowest BCUT2D eigenvalue weighted by Gasteiger charge is -2.19. The van der Waals surface area contributed by atoms with Crippen molar-refractivity contribution in [1.29, 1.82) is 0 Å². The molecule has 1 atom stereocenters. The maximum atomic E-state index is 12.8. The second kappa shape index (κ2) is 45.1. The van der Waals surface area contributed by atoms with Gasteiger partial charge >= 0.3 is 18.1 Å². The Balaban J connectivity index is 4.64. The number of nitrogens with zero attached hydrogens (tertiary/aromatic N) is 1. The standard InChI is InChI=1S/C49H91NO9/c1-6-9-12-15-18-19-20-21-22-23-24-25-26-27-30-34-46(51)54-43-37-45(59-49(53)58-42-33-39-50(4)5)38-44-55-47(52)35-36-48(56-40-31-28-16-13-10-7-2)57-41-32-29-17-14-11-8-3/h18-19,21-22,45,48H,6-17,20,23-44H2,1-5H3/b19-18-,22-21-. The lowest BCUT2D eigenvalue weighted by molar-refractivity contribution is -0.159. The van der Waals surface area contributed by atoms with Crippen molar-refractivity contribution in [3.8, 4) is 0 Å². The van der Waals surface area contributed by atoms with Gasteiger partial charge in [-0.15, -0.1) is 0 Å². The Kier molecular flexibility index (Phi) is 43.2. The van der Waals surface area contributed by atoms with Crippen molar-refractivity contribution >= 4 is 18.1 Å². The zero-order chi connectivity index (χ0) is 43.3. The largest absolute Gasteiger partial charge is 0.508 e. The third-order valence-electron chi connectivity index (χ3n) is 10.2. The Morgan fingerprint density at radius 2 is 0.949 bits per heavy atom. The van der Waals surface area contributed by atoms with Crippen molar-refractivity contribution in [3.05, 3.63) is 24.3 Å². The molecule has 0 aromatic carbocycles. The van der Waals surface area contributed by atoms with Crippen LogP contribution in [0.4, 0.5) is 4.79 Å². The summed E-state index contributed by atoms with van der Waals surface area (Å²) in [5, 5.41) is 0. The number of allylic oxidation sites excluding steroid dienone is 4. The molecule has 0 radical (unpaired) electrons. The highest BCUT2D eigenvalue weighted by atomic mass is 16.7. The van der Waals surface area contributed by atoms with Crippen LogP contribution >= 0.6 is 0 Å². The number of hydrogen-bond acceptors (Lipinski definition) is 10. The molecule has 0 aromatic heterocycles. The van der Waals surface area contributed by atoms with Crippen LogP contribution in [0.15, 0.2) is 24.3 Å². The topological polar surface area (TPSA) is 110 Å². The van der Waals surface area contributed by atoms with Crippen molar-refractivity contribution in [1.82, 2.24) is 4.90 Å². The number of esters is 2. The third kappa shape index (κ3) is 43.5. The molecule has 0 heterocycles. The summed E-state index contributed by atoms with van der Waals surface area (Å²) >= 11 is 0. The Morgan fingerprint density at radius 3 is 1.51 bits per heavy atom. The van der Waals surface area contributed by atoms with Gasteiger partial charge in [0.05, 0.1) is 26.2 Å². The molecule has 1 unspecified atom stereocenters. The molecule has 0 fully saturated rings. The molecule has 10 heteroatoms. The molecule has 0 bridgehead atoms. The number of ether oxygens (including phenoxy) is 6. The van der Waals surface area contributed by atoms with E-state index < -0.39 is 18.5 Å². The summed E-state index contributed by atoms with van der Waals surface area (Å²) in [7, 11) is 3.92. The summed E-state index contributed by atoms with van der Waals surface area (Å²) < 4.78 is 34.0. The quantitative estimate of drug-likeness (QED) is 0.0193. The van der Waals surface area contributed by atoms with E-state index in [-0.39, 0.29) is 44.6 Å². The number of unbranched alkanes of at least 4 members (excludes halogenated alkanes) is 18. The molecule has 0 saturated heterocycles. The van der Waals surface area contributed by atoms with E-state index in [0.717, 1.165) is 77.2 Å². The lowest BCUT2D eigenvalue weighted by Crippen LogP contribution is -2.25. The van der Waals surface area contributed by atoms with E-state index in [4.69, 9.17) is 28.4 Å². The van der Waals surface area contributed by atoms with Gasteiger partial charge in [0.15, 0.2) is 6.29 Å². The molecule has 0 saturated carbocycles. The summed E-state index contributed by atoms with van der Waals surface area (Å²) in [6.07, 6.45) is 36.0. The van der Waals surface area contributed by atoms with Crippen molar-refractivity contribution < 1.29 is 42.8 Å². The van der Waals surface area contributed by atoms with Gasteiger partial charge < -0.3 is 33.3 Å². The van der Waals surface area contributed by atoms with Gasteiger partial charge in [-0.3, -0.25) is 9.59 Å². The summed E-state index contributed by atoms with van der Waals surface area (Å²) in [5.41, 5.74) is 0. The first-order valence-corrected chi connectivity index (χ1v) is 24.1. The Hall–Kier alpha value is -2.43. The number of rotatable bonds is 44. The van der Waals surface area contributed by atoms with Crippen molar-refractivity contribution in [2.75, 3.05) is 53.7 Å². The number of hydrogen-bond donors (Lipinski definition) is 0. The molecule has 10 nitrogen and oxygen atoms in total.